The maximum absolute atomic E-state index is 5.54. The SMILES string of the molecule is Cc1ccc(SCCn2ccc(N)n2)cc1. The van der Waals surface area contributed by atoms with Crippen LogP contribution in [-0.2, 0) is 6.54 Å². The van der Waals surface area contributed by atoms with Gasteiger partial charge < -0.3 is 5.73 Å². The van der Waals surface area contributed by atoms with Gasteiger partial charge >= 0.3 is 0 Å². The Bertz CT molecular complexity index is 448. The van der Waals surface area contributed by atoms with Crippen LogP contribution in [0.15, 0.2) is 41.4 Å². The molecule has 16 heavy (non-hydrogen) atoms. The van der Waals surface area contributed by atoms with Crippen LogP contribution in [0.1, 0.15) is 5.56 Å². The highest BCUT2D eigenvalue weighted by Gasteiger charge is 1.96. The van der Waals surface area contributed by atoms with Gasteiger partial charge in [-0.2, -0.15) is 5.10 Å². The number of thioether (sulfide) groups is 1. The maximum Gasteiger partial charge on any atom is 0.145 e. The van der Waals surface area contributed by atoms with E-state index in [1.54, 1.807) is 0 Å². The summed E-state index contributed by atoms with van der Waals surface area (Å²) in [6, 6.07) is 10.4. The van der Waals surface area contributed by atoms with Crippen LogP contribution in [0.5, 0.6) is 0 Å². The van der Waals surface area contributed by atoms with E-state index in [0.29, 0.717) is 5.82 Å². The zero-order valence-electron chi connectivity index (χ0n) is 9.26. The monoisotopic (exact) mass is 233 g/mol. The Labute approximate surface area is 99.7 Å². The molecule has 0 radical (unpaired) electrons. The Kier molecular flexibility index (Phi) is 3.51. The molecule has 1 aromatic heterocycles. The smallest absolute Gasteiger partial charge is 0.145 e. The van der Waals surface area contributed by atoms with Gasteiger partial charge in [-0.1, -0.05) is 17.7 Å². The summed E-state index contributed by atoms with van der Waals surface area (Å²) in [5.41, 5.74) is 6.83. The molecule has 0 saturated carbocycles. The number of aromatic nitrogens is 2. The number of hydrogen-bond acceptors (Lipinski definition) is 3. The van der Waals surface area contributed by atoms with Crippen molar-refractivity contribution in [3.8, 4) is 0 Å². The summed E-state index contributed by atoms with van der Waals surface area (Å²) in [6.07, 6.45) is 1.91. The first-order chi connectivity index (χ1) is 7.74. The number of anilines is 1. The average molecular weight is 233 g/mol. The van der Waals surface area contributed by atoms with Crippen molar-refractivity contribution in [1.82, 2.24) is 9.78 Å². The Morgan fingerprint density at radius 1 is 1.25 bits per heavy atom. The van der Waals surface area contributed by atoms with Crippen LogP contribution in [0, 0.1) is 6.92 Å². The summed E-state index contributed by atoms with van der Waals surface area (Å²) in [6.45, 7) is 2.98. The highest BCUT2D eigenvalue weighted by atomic mass is 32.2. The summed E-state index contributed by atoms with van der Waals surface area (Å²) in [5.74, 6) is 1.59. The number of nitrogen functional groups attached to an aromatic ring is 1. The van der Waals surface area contributed by atoms with Crippen LogP contribution in [0.2, 0.25) is 0 Å². The molecule has 0 fully saturated rings. The fourth-order valence-corrected chi connectivity index (χ4v) is 2.24. The number of nitrogens with two attached hydrogens (primary N) is 1. The average Bonchev–Trinajstić information content (AvgIpc) is 2.67. The van der Waals surface area contributed by atoms with Crippen molar-refractivity contribution in [2.75, 3.05) is 11.5 Å². The summed E-state index contributed by atoms with van der Waals surface area (Å²) >= 11 is 1.83. The van der Waals surface area contributed by atoms with Crippen LogP contribution < -0.4 is 5.73 Å². The highest BCUT2D eigenvalue weighted by Crippen LogP contribution is 2.18. The Hall–Kier alpha value is -1.42. The predicted molar refractivity (Wildman–Crippen MR) is 68.5 cm³/mol. The minimum absolute atomic E-state index is 0.584. The molecule has 1 aromatic carbocycles. The number of aryl methyl sites for hydroxylation is 2. The van der Waals surface area contributed by atoms with Gasteiger partial charge in [0.15, 0.2) is 0 Å². The van der Waals surface area contributed by atoms with Crippen LogP contribution >= 0.6 is 11.8 Å². The van der Waals surface area contributed by atoms with Gasteiger partial charge in [0, 0.05) is 16.8 Å². The minimum Gasteiger partial charge on any atom is -0.382 e. The Balaban J connectivity index is 1.82. The lowest BCUT2D eigenvalue weighted by Gasteiger charge is -2.02. The molecule has 0 aliphatic carbocycles. The molecule has 0 atom stereocenters. The lowest BCUT2D eigenvalue weighted by Crippen LogP contribution is -2.01. The standard InChI is InChI=1S/C12H15N3S/c1-10-2-4-11(5-3-10)16-9-8-15-7-6-12(13)14-15/h2-7H,8-9H2,1H3,(H2,13,14). The van der Waals surface area contributed by atoms with E-state index in [1.165, 1.54) is 10.5 Å². The second-order valence-electron chi connectivity index (χ2n) is 3.67. The van der Waals surface area contributed by atoms with E-state index >= 15 is 0 Å². The first kappa shape index (κ1) is 11.1. The molecule has 3 nitrogen and oxygen atoms in total. The van der Waals surface area contributed by atoms with Crippen LogP contribution in [-0.4, -0.2) is 15.5 Å². The third kappa shape index (κ3) is 3.03. The van der Waals surface area contributed by atoms with Crippen molar-refractivity contribution >= 4 is 17.6 Å². The van der Waals surface area contributed by atoms with Crippen molar-refractivity contribution < 1.29 is 0 Å². The molecule has 0 spiro atoms. The Morgan fingerprint density at radius 2 is 2.00 bits per heavy atom. The predicted octanol–water partition coefficient (Wildman–Crippen LogP) is 2.57. The van der Waals surface area contributed by atoms with Gasteiger partial charge in [0.05, 0.1) is 6.54 Å². The highest BCUT2D eigenvalue weighted by molar-refractivity contribution is 7.99. The van der Waals surface area contributed by atoms with E-state index in [9.17, 15) is 0 Å². The van der Waals surface area contributed by atoms with Gasteiger partial charge in [0.2, 0.25) is 0 Å². The molecular formula is C12H15N3S. The van der Waals surface area contributed by atoms with Gasteiger partial charge in [0.1, 0.15) is 5.82 Å². The quantitative estimate of drug-likeness (QED) is 0.825. The van der Waals surface area contributed by atoms with Crippen molar-refractivity contribution in [2.24, 2.45) is 0 Å². The van der Waals surface area contributed by atoms with E-state index in [2.05, 4.69) is 36.3 Å². The lowest BCUT2D eigenvalue weighted by atomic mass is 10.2. The van der Waals surface area contributed by atoms with Crippen LogP contribution in [0.25, 0.3) is 0 Å². The molecule has 1 heterocycles. The summed E-state index contributed by atoms with van der Waals surface area (Å²) in [4.78, 5) is 1.30. The van der Waals surface area contributed by atoms with E-state index in [1.807, 2.05) is 28.7 Å². The molecule has 0 saturated heterocycles. The molecule has 0 bridgehead atoms. The zero-order chi connectivity index (χ0) is 11.4. The first-order valence-electron chi connectivity index (χ1n) is 5.22. The fraction of sp³-hybridized carbons (Fsp3) is 0.250. The molecule has 0 aliphatic rings. The largest absolute Gasteiger partial charge is 0.382 e. The minimum atomic E-state index is 0.584. The molecule has 0 aliphatic heterocycles. The molecule has 2 rings (SSSR count). The first-order valence-corrected chi connectivity index (χ1v) is 6.21. The Morgan fingerprint density at radius 3 is 2.62 bits per heavy atom. The topological polar surface area (TPSA) is 43.8 Å². The molecule has 84 valence electrons. The van der Waals surface area contributed by atoms with Gasteiger partial charge in [-0.25, -0.2) is 0 Å². The third-order valence-corrected chi connectivity index (χ3v) is 3.26. The second-order valence-corrected chi connectivity index (χ2v) is 4.83. The van der Waals surface area contributed by atoms with Crippen LogP contribution in [0.4, 0.5) is 5.82 Å². The zero-order valence-corrected chi connectivity index (χ0v) is 10.1. The van der Waals surface area contributed by atoms with E-state index < -0.39 is 0 Å². The van der Waals surface area contributed by atoms with Gasteiger partial charge in [-0.05, 0) is 25.1 Å². The molecule has 2 N–H and O–H groups in total. The van der Waals surface area contributed by atoms with E-state index in [0.717, 1.165) is 12.3 Å². The van der Waals surface area contributed by atoms with Crippen molar-refractivity contribution in [1.29, 1.82) is 0 Å². The number of benzene rings is 1. The molecule has 2 aromatic rings. The summed E-state index contributed by atoms with van der Waals surface area (Å²) in [5, 5.41) is 4.14. The summed E-state index contributed by atoms with van der Waals surface area (Å²) in [7, 11) is 0. The van der Waals surface area contributed by atoms with E-state index in [4.69, 9.17) is 5.73 Å². The van der Waals surface area contributed by atoms with E-state index in [-0.39, 0.29) is 0 Å². The molecular weight excluding hydrogens is 218 g/mol. The second kappa shape index (κ2) is 5.07. The molecule has 0 amide bonds. The van der Waals surface area contributed by atoms with Crippen LogP contribution in [0.3, 0.4) is 0 Å². The fourth-order valence-electron chi connectivity index (χ4n) is 1.39. The number of rotatable bonds is 4. The van der Waals surface area contributed by atoms with Crippen molar-refractivity contribution in [3.05, 3.63) is 42.1 Å². The molecule has 4 heteroatoms. The normalized spacial score (nSPS) is 10.6. The number of hydrogen-bond donors (Lipinski definition) is 1. The van der Waals surface area contributed by atoms with Gasteiger partial charge in [-0.3, -0.25) is 4.68 Å². The van der Waals surface area contributed by atoms with Crippen molar-refractivity contribution in [2.45, 2.75) is 18.4 Å². The van der Waals surface area contributed by atoms with Gasteiger partial charge in [0.25, 0.3) is 0 Å². The third-order valence-electron chi connectivity index (χ3n) is 2.27. The maximum atomic E-state index is 5.54. The molecule has 0 unspecified atom stereocenters. The van der Waals surface area contributed by atoms with Gasteiger partial charge in [-0.15, -0.1) is 11.8 Å². The van der Waals surface area contributed by atoms with Crippen molar-refractivity contribution in [3.63, 3.8) is 0 Å². The lowest BCUT2D eigenvalue weighted by molar-refractivity contribution is 0.669. The summed E-state index contributed by atoms with van der Waals surface area (Å²) < 4.78 is 1.87. The number of nitrogens with zero attached hydrogens (tertiary/aromatic N) is 2.